The molecule has 1 aromatic heterocycles. The van der Waals surface area contributed by atoms with E-state index in [1.807, 2.05) is 12.3 Å². The molecule has 0 radical (unpaired) electrons. The van der Waals surface area contributed by atoms with Crippen LogP contribution < -0.4 is 4.90 Å². The Balaban J connectivity index is 1.82. The van der Waals surface area contributed by atoms with Gasteiger partial charge >= 0.3 is 0 Å². The van der Waals surface area contributed by atoms with Crippen LogP contribution in [0.15, 0.2) is 35.1 Å². The normalized spacial score (nSPS) is 18.7. The number of imidazole rings is 1. The Kier molecular flexibility index (Phi) is 3.92. The number of hydrogen-bond donors (Lipinski definition) is 1. The van der Waals surface area contributed by atoms with Crippen molar-refractivity contribution in [2.45, 2.75) is 18.8 Å². The molecule has 110 valence electrons. The lowest BCUT2D eigenvalue weighted by Crippen LogP contribution is -2.34. The molecule has 7 heteroatoms. The Labute approximate surface area is 130 Å². The fourth-order valence-corrected chi connectivity index (χ4v) is 3.40. The van der Waals surface area contributed by atoms with Gasteiger partial charge in [0.05, 0.1) is 10.6 Å². The lowest BCUT2D eigenvalue weighted by Gasteiger charge is -2.34. The Morgan fingerprint density at radius 3 is 3.00 bits per heavy atom. The van der Waals surface area contributed by atoms with Gasteiger partial charge in [-0.05, 0) is 34.8 Å². The topological polar surface area (TPSA) is 75.1 Å². The summed E-state index contributed by atoms with van der Waals surface area (Å²) in [5.41, 5.74) is 1.10. The number of aromatic amines is 1. The zero-order chi connectivity index (χ0) is 14.8. The van der Waals surface area contributed by atoms with Gasteiger partial charge in [-0.15, -0.1) is 0 Å². The first-order valence-electron chi connectivity index (χ1n) is 6.83. The van der Waals surface area contributed by atoms with E-state index in [0.717, 1.165) is 41.9 Å². The first-order valence-corrected chi connectivity index (χ1v) is 7.62. The van der Waals surface area contributed by atoms with Crippen molar-refractivity contribution < 1.29 is 4.92 Å². The van der Waals surface area contributed by atoms with Gasteiger partial charge in [0.25, 0.3) is 5.69 Å². The number of nitro benzene ring substituents is 1. The van der Waals surface area contributed by atoms with Gasteiger partial charge < -0.3 is 9.88 Å². The summed E-state index contributed by atoms with van der Waals surface area (Å²) in [6.07, 6.45) is 5.80. The summed E-state index contributed by atoms with van der Waals surface area (Å²) in [5, 5.41) is 10.8. The van der Waals surface area contributed by atoms with Crippen LogP contribution in [0.4, 0.5) is 11.4 Å². The Bertz CT molecular complexity index is 644. The molecule has 1 fully saturated rings. The molecular weight excluding hydrogens is 336 g/mol. The zero-order valence-electron chi connectivity index (χ0n) is 11.3. The van der Waals surface area contributed by atoms with Crippen molar-refractivity contribution in [2.75, 3.05) is 18.0 Å². The second-order valence-electron chi connectivity index (χ2n) is 5.15. The highest BCUT2D eigenvalue weighted by Gasteiger charge is 2.24. The van der Waals surface area contributed by atoms with Crippen molar-refractivity contribution in [1.29, 1.82) is 0 Å². The summed E-state index contributed by atoms with van der Waals surface area (Å²) in [4.78, 5) is 20.2. The number of aromatic nitrogens is 2. The van der Waals surface area contributed by atoms with Crippen LogP contribution in [0.2, 0.25) is 0 Å². The summed E-state index contributed by atoms with van der Waals surface area (Å²) in [5.74, 6) is 1.38. The van der Waals surface area contributed by atoms with Gasteiger partial charge in [0.2, 0.25) is 0 Å². The van der Waals surface area contributed by atoms with Gasteiger partial charge in [-0.1, -0.05) is 0 Å². The van der Waals surface area contributed by atoms with E-state index >= 15 is 0 Å². The molecule has 0 bridgehead atoms. The molecule has 0 spiro atoms. The number of anilines is 1. The third-order valence-electron chi connectivity index (χ3n) is 3.81. The number of rotatable bonds is 3. The molecule has 0 saturated carbocycles. The molecule has 1 aromatic carbocycles. The molecule has 1 atom stereocenters. The van der Waals surface area contributed by atoms with E-state index in [1.165, 1.54) is 0 Å². The average molecular weight is 351 g/mol. The highest BCUT2D eigenvalue weighted by Crippen LogP contribution is 2.34. The molecular formula is C14H15BrN4O2. The molecule has 1 unspecified atom stereocenters. The van der Waals surface area contributed by atoms with Gasteiger partial charge in [0.1, 0.15) is 5.82 Å². The number of nitrogens with one attached hydrogen (secondary N) is 1. The van der Waals surface area contributed by atoms with Gasteiger partial charge in [-0.25, -0.2) is 4.98 Å². The minimum Gasteiger partial charge on any atom is -0.370 e. The first kappa shape index (κ1) is 14.1. The lowest BCUT2D eigenvalue weighted by molar-refractivity contribution is -0.384. The number of nitrogens with zero attached hydrogens (tertiary/aromatic N) is 3. The molecule has 6 nitrogen and oxygen atoms in total. The zero-order valence-corrected chi connectivity index (χ0v) is 12.9. The van der Waals surface area contributed by atoms with E-state index in [2.05, 4.69) is 30.8 Å². The largest absolute Gasteiger partial charge is 0.370 e. The lowest BCUT2D eigenvalue weighted by atomic mass is 9.97. The SMILES string of the molecule is O=[N+]([O-])c1ccc(N2CCCC(c3ncc[nH]3)C2)c(Br)c1. The van der Waals surface area contributed by atoms with E-state index in [1.54, 1.807) is 18.3 Å². The maximum absolute atomic E-state index is 10.8. The van der Waals surface area contributed by atoms with Crippen LogP contribution in [0, 0.1) is 10.1 Å². The van der Waals surface area contributed by atoms with Gasteiger partial charge in [0, 0.05) is 48.0 Å². The minimum absolute atomic E-state index is 0.102. The average Bonchev–Trinajstić information content (AvgIpc) is 3.01. The highest BCUT2D eigenvalue weighted by atomic mass is 79.9. The molecule has 1 aliphatic rings. The van der Waals surface area contributed by atoms with Crippen LogP contribution >= 0.6 is 15.9 Å². The van der Waals surface area contributed by atoms with E-state index in [9.17, 15) is 10.1 Å². The number of H-pyrrole nitrogens is 1. The number of non-ortho nitro benzene ring substituents is 1. The number of halogens is 1. The van der Waals surface area contributed by atoms with Crippen molar-refractivity contribution >= 4 is 27.3 Å². The Hall–Kier alpha value is -1.89. The van der Waals surface area contributed by atoms with Crippen molar-refractivity contribution in [3.8, 4) is 0 Å². The summed E-state index contributed by atoms with van der Waals surface area (Å²) < 4.78 is 0.761. The second-order valence-corrected chi connectivity index (χ2v) is 6.01. The number of nitro groups is 1. The summed E-state index contributed by atoms with van der Waals surface area (Å²) in [7, 11) is 0. The molecule has 2 heterocycles. The van der Waals surface area contributed by atoms with E-state index in [-0.39, 0.29) is 10.6 Å². The van der Waals surface area contributed by atoms with Crippen molar-refractivity contribution in [2.24, 2.45) is 0 Å². The summed E-state index contributed by atoms with van der Waals surface area (Å²) in [6.45, 7) is 1.82. The molecule has 1 N–H and O–H groups in total. The Morgan fingerprint density at radius 2 is 2.33 bits per heavy atom. The highest BCUT2D eigenvalue weighted by molar-refractivity contribution is 9.10. The van der Waals surface area contributed by atoms with Crippen LogP contribution in [-0.2, 0) is 0 Å². The predicted octanol–water partition coefficient (Wildman–Crippen LogP) is 3.46. The quantitative estimate of drug-likeness (QED) is 0.679. The fraction of sp³-hybridized carbons (Fsp3) is 0.357. The molecule has 21 heavy (non-hydrogen) atoms. The number of hydrogen-bond acceptors (Lipinski definition) is 4. The molecule has 1 saturated heterocycles. The number of piperidine rings is 1. The van der Waals surface area contributed by atoms with Crippen molar-refractivity contribution in [1.82, 2.24) is 9.97 Å². The van der Waals surface area contributed by atoms with Crippen LogP contribution in [-0.4, -0.2) is 28.0 Å². The van der Waals surface area contributed by atoms with E-state index in [0.29, 0.717) is 5.92 Å². The van der Waals surface area contributed by atoms with E-state index < -0.39 is 0 Å². The van der Waals surface area contributed by atoms with E-state index in [4.69, 9.17) is 0 Å². The third-order valence-corrected chi connectivity index (χ3v) is 4.45. The smallest absolute Gasteiger partial charge is 0.270 e. The van der Waals surface area contributed by atoms with Crippen LogP contribution in [0.25, 0.3) is 0 Å². The van der Waals surface area contributed by atoms with Crippen LogP contribution in [0.1, 0.15) is 24.6 Å². The van der Waals surface area contributed by atoms with Gasteiger partial charge in [0.15, 0.2) is 0 Å². The maximum atomic E-state index is 10.8. The van der Waals surface area contributed by atoms with Crippen LogP contribution in [0.3, 0.4) is 0 Å². The molecule has 1 aliphatic heterocycles. The summed E-state index contributed by atoms with van der Waals surface area (Å²) >= 11 is 3.45. The van der Waals surface area contributed by atoms with Gasteiger partial charge in [-0.3, -0.25) is 10.1 Å². The third kappa shape index (κ3) is 2.92. The Morgan fingerprint density at radius 1 is 1.48 bits per heavy atom. The fourth-order valence-electron chi connectivity index (χ4n) is 2.79. The molecule has 0 aliphatic carbocycles. The van der Waals surface area contributed by atoms with Crippen LogP contribution in [0.5, 0.6) is 0 Å². The molecule has 3 rings (SSSR count). The minimum atomic E-state index is -0.379. The molecule has 0 amide bonds. The van der Waals surface area contributed by atoms with Crippen molar-refractivity contribution in [3.63, 3.8) is 0 Å². The number of benzene rings is 1. The maximum Gasteiger partial charge on any atom is 0.270 e. The second kappa shape index (κ2) is 5.85. The molecule has 2 aromatic rings. The monoisotopic (exact) mass is 350 g/mol. The van der Waals surface area contributed by atoms with Gasteiger partial charge in [-0.2, -0.15) is 0 Å². The predicted molar refractivity (Wildman–Crippen MR) is 83.6 cm³/mol. The first-order chi connectivity index (χ1) is 10.1. The standard InChI is InChI=1S/C14H15BrN4O2/c15-12-8-11(19(20)21)3-4-13(12)18-7-1-2-10(9-18)14-16-5-6-17-14/h3-6,8,10H,1-2,7,9H2,(H,16,17). The van der Waals surface area contributed by atoms with Crippen molar-refractivity contribution in [3.05, 3.63) is 51.0 Å². The summed E-state index contributed by atoms with van der Waals surface area (Å²) in [6, 6.07) is 4.93.